The van der Waals surface area contributed by atoms with E-state index in [9.17, 15) is 18.0 Å². The molecule has 2 aromatic rings. The summed E-state index contributed by atoms with van der Waals surface area (Å²) >= 11 is 3.28. The van der Waals surface area contributed by atoms with Crippen LogP contribution in [-0.2, 0) is 10.0 Å². The van der Waals surface area contributed by atoms with Gasteiger partial charge in [0, 0.05) is 28.7 Å². The molecular formula is C18H18BrN3O4S. The van der Waals surface area contributed by atoms with Gasteiger partial charge in [-0.3, -0.25) is 20.4 Å². The quantitative estimate of drug-likeness (QED) is 0.697. The minimum absolute atomic E-state index is 0.0660. The van der Waals surface area contributed by atoms with Crippen molar-refractivity contribution in [2.75, 3.05) is 13.1 Å². The Hall–Kier alpha value is -2.23. The summed E-state index contributed by atoms with van der Waals surface area (Å²) in [4.78, 5) is 24.4. The molecule has 142 valence electrons. The molecule has 2 amide bonds. The SMILES string of the molecule is O=C(NNC(=O)c1cccc(S(=O)(=O)N2CCCC2)c1)c1ccc(Br)cc1. The fraction of sp³-hybridized carbons (Fsp3) is 0.222. The predicted molar refractivity (Wildman–Crippen MR) is 104 cm³/mol. The molecule has 0 aliphatic carbocycles. The molecule has 2 N–H and O–H groups in total. The van der Waals surface area contributed by atoms with E-state index in [1.165, 1.54) is 28.6 Å². The van der Waals surface area contributed by atoms with Gasteiger partial charge in [0.15, 0.2) is 0 Å². The van der Waals surface area contributed by atoms with E-state index in [-0.39, 0.29) is 10.5 Å². The van der Waals surface area contributed by atoms with E-state index >= 15 is 0 Å². The molecule has 0 radical (unpaired) electrons. The molecule has 1 saturated heterocycles. The monoisotopic (exact) mass is 451 g/mol. The first-order valence-electron chi connectivity index (χ1n) is 8.34. The number of nitrogens with zero attached hydrogens (tertiary/aromatic N) is 1. The highest BCUT2D eigenvalue weighted by Gasteiger charge is 2.27. The Bertz CT molecular complexity index is 955. The zero-order chi connectivity index (χ0) is 19.4. The average molecular weight is 452 g/mol. The Balaban J connectivity index is 1.68. The Labute approximate surface area is 165 Å². The third-order valence-electron chi connectivity index (χ3n) is 4.20. The predicted octanol–water partition coefficient (Wildman–Crippen LogP) is 2.31. The van der Waals surface area contributed by atoms with Crippen LogP contribution in [0.25, 0.3) is 0 Å². The van der Waals surface area contributed by atoms with Gasteiger partial charge in [-0.2, -0.15) is 4.31 Å². The summed E-state index contributed by atoms with van der Waals surface area (Å²) in [6.45, 7) is 0.976. The lowest BCUT2D eigenvalue weighted by molar-refractivity contribution is 0.0846. The van der Waals surface area contributed by atoms with Crippen LogP contribution < -0.4 is 10.9 Å². The fourth-order valence-electron chi connectivity index (χ4n) is 2.73. The van der Waals surface area contributed by atoms with E-state index < -0.39 is 21.8 Å². The maximum absolute atomic E-state index is 12.6. The third kappa shape index (κ3) is 4.55. The molecule has 27 heavy (non-hydrogen) atoms. The molecule has 9 heteroatoms. The highest BCUT2D eigenvalue weighted by Crippen LogP contribution is 2.21. The van der Waals surface area contributed by atoms with Crippen molar-refractivity contribution in [1.29, 1.82) is 0 Å². The number of sulfonamides is 1. The van der Waals surface area contributed by atoms with Crippen molar-refractivity contribution in [1.82, 2.24) is 15.2 Å². The summed E-state index contributed by atoms with van der Waals surface area (Å²) < 4.78 is 27.5. The van der Waals surface area contributed by atoms with Crippen LogP contribution in [0.5, 0.6) is 0 Å². The molecule has 1 heterocycles. The van der Waals surface area contributed by atoms with Gasteiger partial charge in [0.05, 0.1) is 4.90 Å². The smallest absolute Gasteiger partial charge is 0.267 e. The molecule has 0 aromatic heterocycles. The molecule has 2 aromatic carbocycles. The van der Waals surface area contributed by atoms with E-state index in [1.54, 1.807) is 24.3 Å². The second-order valence-corrected chi connectivity index (χ2v) is 8.91. The van der Waals surface area contributed by atoms with Crippen LogP contribution in [0, 0.1) is 0 Å². The molecule has 1 aliphatic rings. The summed E-state index contributed by atoms with van der Waals surface area (Å²) in [5.41, 5.74) is 5.14. The summed E-state index contributed by atoms with van der Waals surface area (Å²) in [7, 11) is -3.61. The molecule has 0 atom stereocenters. The van der Waals surface area contributed by atoms with Crippen molar-refractivity contribution in [3.63, 3.8) is 0 Å². The number of amides is 2. The maximum Gasteiger partial charge on any atom is 0.269 e. The van der Waals surface area contributed by atoms with Gasteiger partial charge in [-0.25, -0.2) is 8.42 Å². The second kappa shape index (κ2) is 8.20. The number of halogens is 1. The molecule has 0 bridgehead atoms. The van der Waals surface area contributed by atoms with Crippen molar-refractivity contribution in [3.8, 4) is 0 Å². The van der Waals surface area contributed by atoms with Crippen LogP contribution in [0.1, 0.15) is 33.6 Å². The molecule has 3 rings (SSSR count). The second-order valence-electron chi connectivity index (χ2n) is 6.05. The number of carbonyl (C=O) groups excluding carboxylic acids is 2. The number of carbonyl (C=O) groups is 2. The van der Waals surface area contributed by atoms with Crippen LogP contribution in [-0.4, -0.2) is 37.6 Å². The summed E-state index contributed by atoms with van der Waals surface area (Å²) in [5.74, 6) is -1.07. The zero-order valence-corrected chi connectivity index (χ0v) is 16.7. The van der Waals surface area contributed by atoms with Crippen molar-refractivity contribution < 1.29 is 18.0 Å². The lowest BCUT2D eigenvalue weighted by atomic mass is 10.2. The van der Waals surface area contributed by atoms with Crippen LogP contribution in [0.15, 0.2) is 57.9 Å². The normalized spacial score (nSPS) is 14.7. The standard InChI is InChI=1S/C18H18BrN3O4S/c19-15-8-6-13(7-9-15)17(23)20-21-18(24)14-4-3-5-16(12-14)27(25,26)22-10-1-2-11-22/h3-9,12H,1-2,10-11H2,(H,20,23)(H,21,24). The van der Waals surface area contributed by atoms with Crippen LogP contribution in [0.2, 0.25) is 0 Å². The first-order valence-corrected chi connectivity index (χ1v) is 10.6. The highest BCUT2D eigenvalue weighted by atomic mass is 79.9. The van der Waals surface area contributed by atoms with E-state index in [0.717, 1.165) is 17.3 Å². The Morgan fingerprint density at radius 3 is 2.11 bits per heavy atom. The fourth-order valence-corrected chi connectivity index (χ4v) is 4.56. The van der Waals surface area contributed by atoms with Crippen molar-refractivity contribution in [3.05, 3.63) is 64.1 Å². The summed E-state index contributed by atoms with van der Waals surface area (Å²) in [5, 5.41) is 0. The minimum atomic E-state index is -3.61. The molecule has 1 fully saturated rings. The van der Waals surface area contributed by atoms with Gasteiger partial charge < -0.3 is 0 Å². The molecule has 0 unspecified atom stereocenters. The third-order valence-corrected chi connectivity index (χ3v) is 6.62. The summed E-state index contributed by atoms with van der Waals surface area (Å²) in [6, 6.07) is 12.4. The van der Waals surface area contributed by atoms with Gasteiger partial charge in [-0.1, -0.05) is 22.0 Å². The lowest BCUT2D eigenvalue weighted by Crippen LogP contribution is -2.41. The first-order chi connectivity index (χ1) is 12.9. The number of hydrogen-bond acceptors (Lipinski definition) is 4. The number of benzene rings is 2. The van der Waals surface area contributed by atoms with E-state index in [2.05, 4.69) is 26.8 Å². The Morgan fingerprint density at radius 2 is 1.48 bits per heavy atom. The number of hydrazine groups is 1. The van der Waals surface area contributed by atoms with Gasteiger partial charge in [-0.15, -0.1) is 0 Å². The maximum atomic E-state index is 12.6. The van der Waals surface area contributed by atoms with Gasteiger partial charge in [-0.05, 0) is 55.3 Å². The van der Waals surface area contributed by atoms with Gasteiger partial charge in [0.2, 0.25) is 10.0 Å². The van der Waals surface area contributed by atoms with E-state index in [1.807, 2.05) is 0 Å². The molecule has 0 spiro atoms. The topological polar surface area (TPSA) is 95.6 Å². The highest BCUT2D eigenvalue weighted by molar-refractivity contribution is 9.10. The lowest BCUT2D eigenvalue weighted by Gasteiger charge is -2.16. The molecule has 1 aliphatic heterocycles. The molecular weight excluding hydrogens is 434 g/mol. The Morgan fingerprint density at radius 1 is 0.889 bits per heavy atom. The van der Waals surface area contributed by atoms with Crippen molar-refractivity contribution in [2.45, 2.75) is 17.7 Å². The van der Waals surface area contributed by atoms with E-state index in [4.69, 9.17) is 0 Å². The van der Waals surface area contributed by atoms with Crippen LogP contribution in [0.3, 0.4) is 0 Å². The van der Waals surface area contributed by atoms with Crippen LogP contribution in [0.4, 0.5) is 0 Å². The number of nitrogens with one attached hydrogen (secondary N) is 2. The summed E-state index contributed by atoms with van der Waals surface area (Å²) in [6.07, 6.45) is 1.67. The van der Waals surface area contributed by atoms with E-state index in [0.29, 0.717) is 18.7 Å². The Kier molecular flexibility index (Phi) is 5.93. The van der Waals surface area contributed by atoms with Gasteiger partial charge >= 0.3 is 0 Å². The largest absolute Gasteiger partial charge is 0.269 e. The van der Waals surface area contributed by atoms with Crippen molar-refractivity contribution >= 4 is 37.8 Å². The minimum Gasteiger partial charge on any atom is -0.267 e. The van der Waals surface area contributed by atoms with Gasteiger partial charge in [0.1, 0.15) is 0 Å². The molecule has 7 nitrogen and oxygen atoms in total. The zero-order valence-electron chi connectivity index (χ0n) is 14.3. The number of hydrogen-bond donors (Lipinski definition) is 2. The number of rotatable bonds is 4. The molecule has 0 saturated carbocycles. The van der Waals surface area contributed by atoms with Gasteiger partial charge in [0.25, 0.3) is 11.8 Å². The van der Waals surface area contributed by atoms with Crippen LogP contribution >= 0.6 is 15.9 Å². The average Bonchev–Trinajstić information content (AvgIpc) is 3.22. The van der Waals surface area contributed by atoms with Crippen molar-refractivity contribution in [2.24, 2.45) is 0 Å². The first kappa shape index (κ1) is 19.5.